The molecule has 2 rings (SSSR count). The van der Waals surface area contributed by atoms with Crippen LogP contribution in [0.3, 0.4) is 0 Å². The van der Waals surface area contributed by atoms with Crippen LogP contribution in [-0.2, 0) is 4.74 Å². The maximum atomic E-state index is 9.61. The molecule has 2 unspecified atom stereocenters. The number of anilines is 1. The molecule has 2 atom stereocenters. The Morgan fingerprint density at radius 2 is 2.31 bits per heavy atom. The standard InChI is InChI=1S/C12H14N2O2/c1-8-3-2-4-10(9(8)5-13)14-11-6-16-7-12(11)15/h2-4,11-12,14-15H,6-7H2,1H3. The number of aliphatic hydroxyl groups excluding tert-OH is 1. The Bertz CT molecular complexity index is 426. The lowest BCUT2D eigenvalue weighted by Crippen LogP contribution is -2.32. The molecule has 4 heteroatoms. The molecular weight excluding hydrogens is 204 g/mol. The summed E-state index contributed by atoms with van der Waals surface area (Å²) in [5, 5.41) is 21.8. The molecule has 1 aliphatic rings. The highest BCUT2D eigenvalue weighted by Crippen LogP contribution is 2.21. The van der Waals surface area contributed by atoms with E-state index in [-0.39, 0.29) is 6.04 Å². The topological polar surface area (TPSA) is 65.3 Å². The summed E-state index contributed by atoms with van der Waals surface area (Å²) >= 11 is 0. The van der Waals surface area contributed by atoms with Crippen LogP contribution in [0.15, 0.2) is 18.2 Å². The van der Waals surface area contributed by atoms with E-state index in [1.807, 2.05) is 25.1 Å². The molecule has 0 aromatic heterocycles. The normalized spacial score (nSPS) is 24.1. The summed E-state index contributed by atoms with van der Waals surface area (Å²) < 4.78 is 5.15. The van der Waals surface area contributed by atoms with Crippen molar-refractivity contribution in [2.45, 2.75) is 19.1 Å². The van der Waals surface area contributed by atoms with Gasteiger partial charge in [-0.25, -0.2) is 0 Å². The van der Waals surface area contributed by atoms with Crippen LogP contribution in [0.1, 0.15) is 11.1 Å². The monoisotopic (exact) mass is 218 g/mol. The third-order valence-corrected chi connectivity index (χ3v) is 2.78. The summed E-state index contributed by atoms with van der Waals surface area (Å²) in [6.07, 6.45) is -0.507. The van der Waals surface area contributed by atoms with Crippen molar-refractivity contribution < 1.29 is 9.84 Å². The van der Waals surface area contributed by atoms with Crippen LogP contribution in [0, 0.1) is 18.3 Å². The summed E-state index contributed by atoms with van der Waals surface area (Å²) in [5.74, 6) is 0. The molecule has 4 nitrogen and oxygen atoms in total. The Morgan fingerprint density at radius 1 is 1.50 bits per heavy atom. The molecule has 1 aromatic rings. The first-order valence-electron chi connectivity index (χ1n) is 5.24. The molecule has 1 heterocycles. The first kappa shape index (κ1) is 10.9. The van der Waals surface area contributed by atoms with Crippen molar-refractivity contribution in [3.05, 3.63) is 29.3 Å². The highest BCUT2D eigenvalue weighted by Gasteiger charge is 2.26. The number of nitrogens with zero attached hydrogens (tertiary/aromatic N) is 1. The minimum Gasteiger partial charge on any atom is -0.388 e. The van der Waals surface area contributed by atoms with E-state index in [9.17, 15) is 5.11 Å². The summed E-state index contributed by atoms with van der Waals surface area (Å²) in [6, 6.07) is 7.66. The zero-order valence-corrected chi connectivity index (χ0v) is 9.10. The van der Waals surface area contributed by atoms with Crippen molar-refractivity contribution in [3.8, 4) is 6.07 Å². The van der Waals surface area contributed by atoms with Gasteiger partial charge in [-0.15, -0.1) is 0 Å². The zero-order chi connectivity index (χ0) is 11.5. The fraction of sp³-hybridized carbons (Fsp3) is 0.417. The molecule has 0 amide bonds. The quantitative estimate of drug-likeness (QED) is 0.778. The number of rotatable bonds is 2. The van der Waals surface area contributed by atoms with Gasteiger partial charge in [0.15, 0.2) is 0 Å². The molecule has 1 aromatic carbocycles. The van der Waals surface area contributed by atoms with E-state index in [2.05, 4.69) is 11.4 Å². The van der Waals surface area contributed by atoms with Crippen molar-refractivity contribution in [3.63, 3.8) is 0 Å². The predicted molar refractivity (Wildman–Crippen MR) is 60.1 cm³/mol. The third-order valence-electron chi connectivity index (χ3n) is 2.78. The molecule has 1 saturated heterocycles. The number of nitrogens with one attached hydrogen (secondary N) is 1. The Kier molecular flexibility index (Phi) is 3.09. The lowest BCUT2D eigenvalue weighted by molar-refractivity contribution is 0.125. The lowest BCUT2D eigenvalue weighted by atomic mass is 10.1. The van der Waals surface area contributed by atoms with Crippen molar-refractivity contribution in [2.24, 2.45) is 0 Å². The smallest absolute Gasteiger partial charge is 0.102 e. The Balaban J connectivity index is 2.21. The summed E-state index contributed by atoms with van der Waals surface area (Å²) in [7, 11) is 0. The Labute approximate surface area is 94.5 Å². The third kappa shape index (κ3) is 2.01. The van der Waals surface area contributed by atoms with E-state index in [0.717, 1.165) is 11.3 Å². The van der Waals surface area contributed by atoms with Crippen molar-refractivity contribution in [1.82, 2.24) is 0 Å². The number of hydrogen-bond donors (Lipinski definition) is 2. The SMILES string of the molecule is Cc1cccc(NC2COCC2O)c1C#N. The number of hydrogen-bond acceptors (Lipinski definition) is 4. The van der Waals surface area contributed by atoms with Gasteiger partial charge in [-0.3, -0.25) is 0 Å². The first-order valence-corrected chi connectivity index (χ1v) is 5.24. The second-order valence-electron chi connectivity index (χ2n) is 3.96. The van der Waals surface area contributed by atoms with Crippen LogP contribution < -0.4 is 5.32 Å². The molecule has 0 saturated carbocycles. The van der Waals surface area contributed by atoms with Gasteiger partial charge < -0.3 is 15.2 Å². The largest absolute Gasteiger partial charge is 0.388 e. The average Bonchev–Trinajstić information content (AvgIpc) is 2.65. The minimum atomic E-state index is -0.507. The molecule has 0 aliphatic carbocycles. The van der Waals surface area contributed by atoms with Gasteiger partial charge in [-0.05, 0) is 18.6 Å². The number of aryl methyl sites for hydroxylation is 1. The van der Waals surface area contributed by atoms with Gasteiger partial charge in [0.2, 0.25) is 0 Å². The van der Waals surface area contributed by atoms with E-state index >= 15 is 0 Å². The van der Waals surface area contributed by atoms with Gasteiger partial charge in [-0.2, -0.15) is 5.26 Å². The van der Waals surface area contributed by atoms with Crippen LogP contribution in [0.2, 0.25) is 0 Å². The summed E-state index contributed by atoms with van der Waals surface area (Å²) in [6.45, 7) is 2.72. The molecule has 1 fully saturated rings. The van der Waals surface area contributed by atoms with Gasteiger partial charge in [0.05, 0.1) is 36.6 Å². The van der Waals surface area contributed by atoms with Gasteiger partial charge in [0.25, 0.3) is 0 Å². The van der Waals surface area contributed by atoms with E-state index in [4.69, 9.17) is 10.00 Å². The number of nitriles is 1. The summed E-state index contributed by atoms with van der Waals surface area (Å²) in [4.78, 5) is 0. The van der Waals surface area contributed by atoms with Crippen molar-refractivity contribution in [1.29, 1.82) is 5.26 Å². The molecule has 0 bridgehead atoms. The second kappa shape index (κ2) is 4.52. The number of benzene rings is 1. The first-order chi connectivity index (χ1) is 7.72. The molecular formula is C12H14N2O2. The fourth-order valence-electron chi connectivity index (χ4n) is 1.82. The highest BCUT2D eigenvalue weighted by molar-refractivity contribution is 5.61. The zero-order valence-electron chi connectivity index (χ0n) is 9.10. The average molecular weight is 218 g/mol. The molecule has 84 valence electrons. The van der Waals surface area contributed by atoms with Crippen molar-refractivity contribution in [2.75, 3.05) is 18.5 Å². The van der Waals surface area contributed by atoms with Gasteiger partial charge in [0.1, 0.15) is 6.07 Å². The summed E-state index contributed by atoms with van der Waals surface area (Å²) in [5.41, 5.74) is 2.32. The van der Waals surface area contributed by atoms with E-state index < -0.39 is 6.10 Å². The number of ether oxygens (including phenoxy) is 1. The fourth-order valence-corrected chi connectivity index (χ4v) is 1.82. The van der Waals surface area contributed by atoms with E-state index in [1.54, 1.807) is 0 Å². The molecule has 2 N–H and O–H groups in total. The minimum absolute atomic E-state index is 0.131. The van der Waals surface area contributed by atoms with E-state index in [0.29, 0.717) is 18.8 Å². The maximum absolute atomic E-state index is 9.61. The maximum Gasteiger partial charge on any atom is 0.102 e. The van der Waals surface area contributed by atoms with Crippen LogP contribution in [0.25, 0.3) is 0 Å². The number of aliphatic hydroxyl groups is 1. The van der Waals surface area contributed by atoms with Crippen LogP contribution in [0.5, 0.6) is 0 Å². The lowest BCUT2D eigenvalue weighted by Gasteiger charge is -2.17. The van der Waals surface area contributed by atoms with Gasteiger partial charge >= 0.3 is 0 Å². The van der Waals surface area contributed by atoms with E-state index in [1.165, 1.54) is 0 Å². The molecule has 0 spiro atoms. The molecule has 0 radical (unpaired) electrons. The van der Waals surface area contributed by atoms with Crippen molar-refractivity contribution >= 4 is 5.69 Å². The predicted octanol–water partition coefficient (Wildman–Crippen LogP) is 1.04. The van der Waals surface area contributed by atoms with Gasteiger partial charge in [0, 0.05) is 0 Å². The Hall–Kier alpha value is -1.57. The Morgan fingerprint density at radius 3 is 2.94 bits per heavy atom. The second-order valence-corrected chi connectivity index (χ2v) is 3.96. The van der Waals surface area contributed by atoms with Gasteiger partial charge in [-0.1, -0.05) is 12.1 Å². The molecule has 16 heavy (non-hydrogen) atoms. The highest BCUT2D eigenvalue weighted by atomic mass is 16.5. The van der Waals surface area contributed by atoms with Crippen LogP contribution in [0.4, 0.5) is 5.69 Å². The van der Waals surface area contributed by atoms with Crippen LogP contribution >= 0.6 is 0 Å². The molecule has 1 aliphatic heterocycles. The van der Waals surface area contributed by atoms with Crippen LogP contribution in [-0.4, -0.2) is 30.5 Å².